The number of aromatic nitrogens is 2. The van der Waals surface area contributed by atoms with Crippen molar-refractivity contribution in [3.8, 4) is 0 Å². The molecule has 3 aromatic carbocycles. The molecule has 0 unspecified atom stereocenters. The molecule has 0 bridgehead atoms. The molecule has 0 saturated carbocycles. The van der Waals surface area contributed by atoms with E-state index < -0.39 is 0 Å². The molecule has 4 aromatic rings. The maximum Gasteiger partial charge on any atom is 0.261 e. The van der Waals surface area contributed by atoms with E-state index in [1.54, 1.807) is 48.5 Å². The molecule has 0 radical (unpaired) electrons. The third-order valence-electron chi connectivity index (χ3n) is 5.10. The molecular formula is C25H22N4O3. The molecule has 1 atom stereocenters. The first-order valence-electron chi connectivity index (χ1n) is 10.2. The lowest BCUT2D eigenvalue weighted by atomic mass is 10.1. The van der Waals surface area contributed by atoms with Crippen LogP contribution in [0.15, 0.2) is 90.0 Å². The second-order valence-electron chi connectivity index (χ2n) is 7.43. The zero-order valence-corrected chi connectivity index (χ0v) is 17.5. The molecule has 0 aliphatic rings. The van der Waals surface area contributed by atoms with Gasteiger partial charge in [0, 0.05) is 11.3 Å². The van der Waals surface area contributed by atoms with Gasteiger partial charge >= 0.3 is 0 Å². The maximum absolute atomic E-state index is 12.6. The van der Waals surface area contributed by atoms with E-state index in [1.807, 2.05) is 37.3 Å². The van der Waals surface area contributed by atoms with Crippen LogP contribution in [0.3, 0.4) is 0 Å². The lowest BCUT2D eigenvalue weighted by Crippen LogP contribution is -2.34. The van der Waals surface area contributed by atoms with Crippen LogP contribution in [0, 0.1) is 0 Å². The SMILES string of the molecule is C[C@H](NC(=O)Cn1cnc2ccccc2c1=O)c1cccc(NC(=O)c2ccccc2)c1. The van der Waals surface area contributed by atoms with Crippen molar-refractivity contribution in [1.82, 2.24) is 14.9 Å². The Morgan fingerprint density at radius 2 is 1.72 bits per heavy atom. The van der Waals surface area contributed by atoms with E-state index in [-0.39, 0.29) is 30.0 Å². The number of nitrogens with zero attached hydrogens (tertiary/aromatic N) is 2. The van der Waals surface area contributed by atoms with Crippen LogP contribution in [0.2, 0.25) is 0 Å². The second kappa shape index (κ2) is 9.26. The molecular weight excluding hydrogens is 404 g/mol. The minimum absolute atomic E-state index is 0.133. The Labute approximate surface area is 184 Å². The van der Waals surface area contributed by atoms with Crippen molar-refractivity contribution in [1.29, 1.82) is 0 Å². The quantitative estimate of drug-likeness (QED) is 0.493. The Kier molecular flexibility index (Phi) is 6.07. The molecule has 0 spiro atoms. The average molecular weight is 426 g/mol. The topological polar surface area (TPSA) is 93.1 Å². The number of anilines is 1. The van der Waals surface area contributed by atoms with Crippen molar-refractivity contribution in [2.24, 2.45) is 0 Å². The van der Waals surface area contributed by atoms with Gasteiger partial charge in [-0.25, -0.2) is 4.98 Å². The lowest BCUT2D eigenvalue weighted by Gasteiger charge is -2.16. The van der Waals surface area contributed by atoms with Crippen LogP contribution in [0.25, 0.3) is 10.9 Å². The summed E-state index contributed by atoms with van der Waals surface area (Å²) in [5.74, 6) is -0.516. The monoisotopic (exact) mass is 426 g/mol. The highest BCUT2D eigenvalue weighted by Crippen LogP contribution is 2.18. The van der Waals surface area contributed by atoms with Crippen molar-refractivity contribution in [3.05, 3.63) is 107 Å². The summed E-state index contributed by atoms with van der Waals surface area (Å²) in [6.45, 7) is 1.71. The zero-order chi connectivity index (χ0) is 22.5. The molecule has 160 valence electrons. The summed E-state index contributed by atoms with van der Waals surface area (Å²) in [7, 11) is 0. The Morgan fingerprint density at radius 1 is 0.969 bits per heavy atom. The molecule has 7 heteroatoms. The third kappa shape index (κ3) is 4.73. The van der Waals surface area contributed by atoms with Crippen molar-refractivity contribution < 1.29 is 9.59 Å². The van der Waals surface area contributed by atoms with Gasteiger partial charge in [0.15, 0.2) is 0 Å². The number of para-hydroxylation sites is 1. The highest BCUT2D eigenvalue weighted by molar-refractivity contribution is 6.04. The second-order valence-corrected chi connectivity index (χ2v) is 7.43. The number of carbonyl (C=O) groups excluding carboxylic acids is 2. The molecule has 1 heterocycles. The van der Waals surface area contributed by atoms with Gasteiger partial charge in [0.05, 0.1) is 23.3 Å². The maximum atomic E-state index is 12.6. The number of hydrogen-bond acceptors (Lipinski definition) is 4. The summed E-state index contributed by atoms with van der Waals surface area (Å²) in [4.78, 5) is 41.8. The van der Waals surface area contributed by atoms with Crippen LogP contribution in [0.4, 0.5) is 5.69 Å². The number of hydrogen-bond donors (Lipinski definition) is 2. The van der Waals surface area contributed by atoms with Crippen LogP contribution in [-0.2, 0) is 11.3 Å². The highest BCUT2D eigenvalue weighted by atomic mass is 16.2. The van der Waals surface area contributed by atoms with Gasteiger partial charge in [-0.05, 0) is 48.9 Å². The summed E-state index contributed by atoms with van der Waals surface area (Å²) >= 11 is 0. The standard InChI is InChI=1S/C25H22N4O3/c1-17(19-10-7-11-20(14-19)28-24(31)18-8-3-2-4-9-18)27-23(30)15-29-16-26-22-13-6-5-12-21(22)25(29)32/h2-14,16-17H,15H2,1H3,(H,27,30)(H,28,31)/t17-/m0/s1. The fourth-order valence-electron chi connectivity index (χ4n) is 3.42. The Bertz CT molecular complexity index is 1330. The van der Waals surface area contributed by atoms with E-state index in [0.29, 0.717) is 22.2 Å². The van der Waals surface area contributed by atoms with Crippen LogP contribution in [0.5, 0.6) is 0 Å². The zero-order valence-electron chi connectivity index (χ0n) is 17.5. The van der Waals surface area contributed by atoms with Crippen LogP contribution >= 0.6 is 0 Å². The summed E-state index contributed by atoms with van der Waals surface area (Å²) < 4.78 is 1.29. The van der Waals surface area contributed by atoms with Gasteiger partial charge in [-0.2, -0.15) is 0 Å². The fourth-order valence-corrected chi connectivity index (χ4v) is 3.42. The van der Waals surface area contributed by atoms with Crippen molar-refractivity contribution in [3.63, 3.8) is 0 Å². The number of carbonyl (C=O) groups is 2. The Balaban J connectivity index is 1.43. The predicted octanol–water partition coefficient (Wildman–Crippen LogP) is 3.53. The van der Waals surface area contributed by atoms with Crippen molar-refractivity contribution in [2.75, 3.05) is 5.32 Å². The summed E-state index contributed by atoms with van der Waals surface area (Å²) in [6, 6.07) is 22.9. The van der Waals surface area contributed by atoms with Gasteiger partial charge < -0.3 is 10.6 Å². The fraction of sp³-hybridized carbons (Fsp3) is 0.120. The molecule has 4 rings (SSSR count). The molecule has 32 heavy (non-hydrogen) atoms. The van der Waals surface area contributed by atoms with Crippen LogP contribution < -0.4 is 16.2 Å². The van der Waals surface area contributed by atoms with Gasteiger partial charge in [0.2, 0.25) is 5.91 Å². The lowest BCUT2D eigenvalue weighted by molar-refractivity contribution is -0.122. The predicted molar refractivity (Wildman–Crippen MR) is 123 cm³/mol. The van der Waals surface area contributed by atoms with Gasteiger partial charge in [-0.15, -0.1) is 0 Å². The molecule has 0 aliphatic heterocycles. The summed E-state index contributed by atoms with van der Waals surface area (Å²) in [5, 5.41) is 6.23. The number of fused-ring (bicyclic) bond motifs is 1. The highest BCUT2D eigenvalue weighted by Gasteiger charge is 2.13. The first-order chi connectivity index (χ1) is 15.5. The molecule has 2 amide bonds. The molecule has 1 aromatic heterocycles. The molecule has 0 saturated heterocycles. The van der Waals surface area contributed by atoms with Crippen molar-refractivity contribution >= 4 is 28.4 Å². The van der Waals surface area contributed by atoms with E-state index in [4.69, 9.17) is 0 Å². The minimum Gasteiger partial charge on any atom is -0.348 e. The normalized spacial score (nSPS) is 11.7. The van der Waals surface area contributed by atoms with Crippen molar-refractivity contribution in [2.45, 2.75) is 19.5 Å². The average Bonchev–Trinajstić information content (AvgIpc) is 2.82. The molecule has 7 nitrogen and oxygen atoms in total. The van der Waals surface area contributed by atoms with E-state index in [1.165, 1.54) is 10.9 Å². The van der Waals surface area contributed by atoms with Crippen LogP contribution in [0.1, 0.15) is 28.9 Å². The molecule has 0 fully saturated rings. The number of benzene rings is 3. The molecule has 2 N–H and O–H groups in total. The van der Waals surface area contributed by atoms with Gasteiger partial charge in [0.1, 0.15) is 6.54 Å². The Morgan fingerprint density at radius 3 is 2.53 bits per heavy atom. The van der Waals surface area contributed by atoms with E-state index in [2.05, 4.69) is 15.6 Å². The first-order valence-corrected chi connectivity index (χ1v) is 10.2. The number of rotatable bonds is 6. The Hall–Kier alpha value is -4.26. The minimum atomic E-state index is -0.319. The van der Waals surface area contributed by atoms with E-state index in [9.17, 15) is 14.4 Å². The molecule has 0 aliphatic carbocycles. The number of amides is 2. The number of nitrogens with one attached hydrogen (secondary N) is 2. The van der Waals surface area contributed by atoms with E-state index in [0.717, 1.165) is 5.56 Å². The van der Waals surface area contributed by atoms with Gasteiger partial charge in [0.25, 0.3) is 11.5 Å². The van der Waals surface area contributed by atoms with Gasteiger partial charge in [-0.3, -0.25) is 19.0 Å². The first kappa shape index (κ1) is 21.0. The largest absolute Gasteiger partial charge is 0.348 e. The van der Waals surface area contributed by atoms with E-state index >= 15 is 0 Å². The van der Waals surface area contributed by atoms with Crippen LogP contribution in [-0.4, -0.2) is 21.4 Å². The third-order valence-corrected chi connectivity index (χ3v) is 5.10. The summed E-state index contributed by atoms with van der Waals surface area (Å²) in [5.41, 5.74) is 2.36. The smallest absolute Gasteiger partial charge is 0.261 e. The van der Waals surface area contributed by atoms with Gasteiger partial charge in [-0.1, -0.05) is 42.5 Å². The summed E-state index contributed by atoms with van der Waals surface area (Å²) in [6.07, 6.45) is 1.38.